The molecule has 80 heavy (non-hydrogen) atoms. The lowest BCUT2D eigenvalue weighted by Gasteiger charge is -2.18. The van der Waals surface area contributed by atoms with E-state index >= 15 is 0 Å². The smallest absolute Gasteiger partial charge is 0.306 e. The molecule has 0 aliphatic rings. The number of hydrogen-bond donors (Lipinski definition) is 0. The van der Waals surface area contributed by atoms with E-state index in [0.717, 1.165) is 116 Å². The molecule has 6 nitrogen and oxygen atoms in total. The molecule has 0 aromatic heterocycles. The monoisotopic (exact) mass is 1110 g/mol. The highest BCUT2D eigenvalue weighted by atomic mass is 16.6. The van der Waals surface area contributed by atoms with Gasteiger partial charge in [0.05, 0.1) is 0 Å². The molecule has 0 rings (SSSR count). The molecule has 0 aromatic rings. The summed E-state index contributed by atoms with van der Waals surface area (Å²) in [5.41, 5.74) is 0. The molecule has 0 fully saturated rings. The van der Waals surface area contributed by atoms with Gasteiger partial charge >= 0.3 is 17.9 Å². The van der Waals surface area contributed by atoms with Crippen molar-refractivity contribution < 1.29 is 28.6 Å². The number of ether oxygens (including phenoxy) is 3. The summed E-state index contributed by atoms with van der Waals surface area (Å²) in [5.74, 6) is -0.934. The van der Waals surface area contributed by atoms with E-state index in [9.17, 15) is 14.4 Å². The second kappa shape index (κ2) is 67.3. The van der Waals surface area contributed by atoms with Gasteiger partial charge in [0.15, 0.2) is 6.10 Å². The molecule has 6 heteroatoms. The lowest BCUT2D eigenvalue weighted by atomic mass is 10.0. The van der Waals surface area contributed by atoms with Crippen molar-refractivity contribution in [1.29, 1.82) is 0 Å². The second-order valence-electron chi connectivity index (χ2n) is 22.0. The fraction of sp³-hybridized carbons (Fsp3) is 0.689. The van der Waals surface area contributed by atoms with Gasteiger partial charge in [-0.3, -0.25) is 14.4 Å². The summed E-state index contributed by atoms with van der Waals surface area (Å²) in [4.78, 5) is 38.2. The van der Waals surface area contributed by atoms with E-state index in [1.807, 2.05) is 0 Å². The normalized spacial score (nSPS) is 12.9. The van der Waals surface area contributed by atoms with E-state index in [-0.39, 0.29) is 37.5 Å². The van der Waals surface area contributed by atoms with Crippen molar-refractivity contribution in [2.75, 3.05) is 13.2 Å². The minimum Gasteiger partial charge on any atom is -0.462 e. The van der Waals surface area contributed by atoms with Crippen LogP contribution in [-0.4, -0.2) is 37.2 Å². The Balaban J connectivity index is 4.13. The largest absolute Gasteiger partial charge is 0.462 e. The van der Waals surface area contributed by atoms with Crippen molar-refractivity contribution >= 4 is 17.9 Å². The molecule has 0 aliphatic heterocycles. The van der Waals surface area contributed by atoms with Crippen LogP contribution in [0.15, 0.2) is 122 Å². The molecule has 456 valence electrons. The standard InChI is InChI=1S/C74H124O6/c1-4-7-10-13-16-19-21-23-25-27-29-31-32-33-34-35-36-37-38-39-40-41-42-44-45-47-49-51-53-55-58-61-64-67-73(76)79-70-71(69-78-72(75)66-63-60-57-18-15-12-9-6-3)80-74(77)68-65-62-59-56-54-52-50-48-46-43-30-28-26-24-22-20-17-14-11-8-5-2/h7-8,10-11,16-17,19-20,23-26,29-31,43,48,50,54,56,71H,4-6,9,12-15,18,21-22,27-28,32-42,44-47,49,51-53,55,57-70H2,1-3H3/b10-7-,11-8-,19-16-,20-17-,25-23-,26-24-,31-29-,43-30-,50-48-,56-54-. The lowest BCUT2D eigenvalue weighted by Crippen LogP contribution is -2.30. The third-order valence-corrected chi connectivity index (χ3v) is 14.2. The van der Waals surface area contributed by atoms with E-state index in [1.165, 1.54) is 148 Å². The number of carbonyl (C=O) groups is 3. The average molecular weight is 1110 g/mol. The molecule has 1 unspecified atom stereocenters. The molecule has 0 bridgehead atoms. The van der Waals surface area contributed by atoms with Crippen LogP contribution in [0.4, 0.5) is 0 Å². The maximum Gasteiger partial charge on any atom is 0.306 e. The molecule has 0 saturated heterocycles. The summed E-state index contributed by atoms with van der Waals surface area (Å²) in [6.07, 6.45) is 93.9. The lowest BCUT2D eigenvalue weighted by molar-refractivity contribution is -0.167. The second-order valence-corrected chi connectivity index (χ2v) is 22.0. The van der Waals surface area contributed by atoms with E-state index in [0.29, 0.717) is 19.3 Å². The minimum absolute atomic E-state index is 0.0938. The van der Waals surface area contributed by atoms with Crippen LogP contribution in [0.3, 0.4) is 0 Å². The fourth-order valence-electron chi connectivity index (χ4n) is 9.26. The van der Waals surface area contributed by atoms with E-state index in [4.69, 9.17) is 14.2 Å². The fourth-order valence-corrected chi connectivity index (χ4v) is 9.26. The number of allylic oxidation sites excluding steroid dienone is 20. The first-order valence-corrected chi connectivity index (χ1v) is 33.5. The molecule has 0 heterocycles. The van der Waals surface area contributed by atoms with E-state index in [2.05, 4.69) is 142 Å². The molecule has 1 atom stereocenters. The van der Waals surface area contributed by atoms with Gasteiger partial charge in [-0.2, -0.15) is 0 Å². The number of hydrogen-bond acceptors (Lipinski definition) is 6. The van der Waals surface area contributed by atoms with Crippen molar-refractivity contribution in [3.8, 4) is 0 Å². The Morgan fingerprint density at radius 3 is 0.787 bits per heavy atom. The van der Waals surface area contributed by atoms with Gasteiger partial charge in [0.25, 0.3) is 0 Å². The molecule has 0 radical (unpaired) electrons. The maximum atomic E-state index is 12.9. The molecular weight excluding hydrogens is 985 g/mol. The Morgan fingerprint density at radius 1 is 0.263 bits per heavy atom. The van der Waals surface area contributed by atoms with Gasteiger partial charge < -0.3 is 14.2 Å². The van der Waals surface area contributed by atoms with Crippen molar-refractivity contribution in [3.63, 3.8) is 0 Å². The summed E-state index contributed by atoms with van der Waals surface area (Å²) >= 11 is 0. The third kappa shape index (κ3) is 64.6. The Bertz CT molecular complexity index is 1650. The molecule has 0 aromatic carbocycles. The van der Waals surface area contributed by atoms with Crippen LogP contribution in [0.1, 0.15) is 310 Å². The van der Waals surface area contributed by atoms with Crippen LogP contribution in [0.25, 0.3) is 0 Å². The van der Waals surface area contributed by atoms with E-state index in [1.54, 1.807) is 0 Å². The van der Waals surface area contributed by atoms with Gasteiger partial charge in [-0.15, -0.1) is 0 Å². The van der Waals surface area contributed by atoms with Gasteiger partial charge in [0.2, 0.25) is 0 Å². The molecule has 0 N–H and O–H groups in total. The van der Waals surface area contributed by atoms with Crippen molar-refractivity contribution in [2.45, 2.75) is 316 Å². The van der Waals surface area contributed by atoms with Crippen LogP contribution in [0.2, 0.25) is 0 Å². The zero-order valence-corrected chi connectivity index (χ0v) is 52.3. The summed E-state index contributed by atoms with van der Waals surface area (Å²) in [6.45, 7) is 6.37. The predicted molar refractivity (Wildman–Crippen MR) is 348 cm³/mol. The quantitative estimate of drug-likeness (QED) is 0.0261. The SMILES string of the molecule is CC/C=C\C/C=C\C/C=C\C/C=C\C/C=C\C/C=C\CCCCC(=O)OC(COC(=O)CCCCCCCCCC)COC(=O)CCCCCCCCCCCCCCCCCCCCCC/C=C\C/C=C\C/C=C\C/C=C\CC. The van der Waals surface area contributed by atoms with Gasteiger partial charge in [0.1, 0.15) is 13.2 Å². The molecule has 0 amide bonds. The molecule has 0 saturated carbocycles. The van der Waals surface area contributed by atoms with Gasteiger partial charge in [-0.1, -0.05) is 303 Å². The highest BCUT2D eigenvalue weighted by Crippen LogP contribution is 2.17. The zero-order chi connectivity index (χ0) is 57.8. The van der Waals surface area contributed by atoms with E-state index < -0.39 is 6.10 Å². The Hall–Kier alpha value is -4.19. The van der Waals surface area contributed by atoms with Crippen LogP contribution >= 0.6 is 0 Å². The molecular formula is C74H124O6. The maximum absolute atomic E-state index is 12.9. The first-order valence-electron chi connectivity index (χ1n) is 33.5. The zero-order valence-electron chi connectivity index (χ0n) is 52.3. The Labute approximate surface area is 494 Å². The van der Waals surface area contributed by atoms with Crippen LogP contribution < -0.4 is 0 Å². The number of carbonyl (C=O) groups excluding carboxylic acids is 3. The number of unbranched alkanes of at least 4 members (excludes halogenated alkanes) is 29. The first-order chi connectivity index (χ1) is 39.5. The highest BCUT2D eigenvalue weighted by Gasteiger charge is 2.19. The van der Waals surface area contributed by atoms with Crippen LogP contribution in [0.5, 0.6) is 0 Å². The molecule has 0 aliphatic carbocycles. The Morgan fingerprint density at radius 2 is 0.487 bits per heavy atom. The predicted octanol–water partition coefficient (Wildman–Crippen LogP) is 23.2. The topological polar surface area (TPSA) is 78.9 Å². The number of rotatable bonds is 60. The average Bonchev–Trinajstić information content (AvgIpc) is 3.46. The summed E-state index contributed by atoms with van der Waals surface area (Å²) in [5, 5.41) is 0. The summed E-state index contributed by atoms with van der Waals surface area (Å²) in [7, 11) is 0. The van der Waals surface area contributed by atoms with Gasteiger partial charge in [-0.05, 0) is 109 Å². The van der Waals surface area contributed by atoms with Gasteiger partial charge in [0, 0.05) is 19.3 Å². The minimum atomic E-state index is -0.800. The van der Waals surface area contributed by atoms with Crippen molar-refractivity contribution in [1.82, 2.24) is 0 Å². The first kappa shape index (κ1) is 75.8. The summed E-state index contributed by atoms with van der Waals surface area (Å²) in [6, 6.07) is 0. The van der Waals surface area contributed by atoms with Crippen molar-refractivity contribution in [2.24, 2.45) is 0 Å². The third-order valence-electron chi connectivity index (χ3n) is 14.2. The van der Waals surface area contributed by atoms with Gasteiger partial charge in [-0.25, -0.2) is 0 Å². The van der Waals surface area contributed by atoms with Crippen LogP contribution in [0, 0.1) is 0 Å². The van der Waals surface area contributed by atoms with Crippen LogP contribution in [-0.2, 0) is 28.6 Å². The summed E-state index contributed by atoms with van der Waals surface area (Å²) < 4.78 is 16.8. The van der Waals surface area contributed by atoms with Crippen molar-refractivity contribution in [3.05, 3.63) is 122 Å². The number of esters is 3. The highest BCUT2D eigenvalue weighted by molar-refractivity contribution is 5.71. The Kier molecular flexibility index (Phi) is 63.8. The molecule has 0 spiro atoms.